The van der Waals surface area contributed by atoms with Gasteiger partial charge < -0.3 is 9.80 Å². The zero-order valence-corrected chi connectivity index (χ0v) is 15.5. The predicted molar refractivity (Wildman–Crippen MR) is 102 cm³/mol. The van der Waals surface area contributed by atoms with E-state index in [2.05, 4.69) is 11.0 Å². The van der Waals surface area contributed by atoms with E-state index in [1.807, 2.05) is 18.2 Å². The third-order valence-corrected chi connectivity index (χ3v) is 5.72. The summed E-state index contributed by atoms with van der Waals surface area (Å²) >= 11 is 0. The average Bonchev–Trinajstić information content (AvgIpc) is 3.12. The molecule has 0 aliphatic carbocycles. The van der Waals surface area contributed by atoms with Crippen molar-refractivity contribution in [3.05, 3.63) is 65.2 Å². The van der Waals surface area contributed by atoms with Gasteiger partial charge in [0.25, 0.3) is 0 Å². The van der Waals surface area contributed by atoms with Gasteiger partial charge in [0.15, 0.2) is 5.78 Å². The van der Waals surface area contributed by atoms with Crippen LogP contribution in [-0.2, 0) is 11.2 Å². The molecule has 1 fully saturated rings. The first kappa shape index (κ1) is 18.6. The summed E-state index contributed by atoms with van der Waals surface area (Å²) in [6.45, 7) is 2.08. The lowest BCUT2D eigenvalue weighted by Crippen LogP contribution is -2.45. The Hall–Kier alpha value is -2.76. The van der Waals surface area contributed by atoms with Gasteiger partial charge in [-0.2, -0.15) is 0 Å². The van der Waals surface area contributed by atoms with Crippen molar-refractivity contribution in [2.75, 3.05) is 31.1 Å². The van der Waals surface area contributed by atoms with Crippen LogP contribution in [0.2, 0.25) is 0 Å². The Bertz CT molecular complexity index is 907. The summed E-state index contributed by atoms with van der Waals surface area (Å²) < 4.78 is 27.2. The molecule has 0 atom stereocenters. The number of ketones is 1. The minimum Gasteiger partial charge on any atom is -0.362 e. The van der Waals surface area contributed by atoms with Crippen LogP contribution in [0, 0.1) is 17.6 Å². The maximum Gasteiger partial charge on any atom is 0.242 e. The number of benzene rings is 2. The van der Waals surface area contributed by atoms with Crippen LogP contribution in [0.5, 0.6) is 0 Å². The van der Waals surface area contributed by atoms with E-state index in [1.165, 1.54) is 5.56 Å². The van der Waals surface area contributed by atoms with Crippen molar-refractivity contribution < 1.29 is 18.4 Å². The molecule has 2 aromatic carbocycles. The van der Waals surface area contributed by atoms with E-state index in [4.69, 9.17) is 0 Å². The molecule has 2 aliphatic rings. The molecule has 2 aliphatic heterocycles. The van der Waals surface area contributed by atoms with Crippen molar-refractivity contribution in [3.8, 4) is 0 Å². The van der Waals surface area contributed by atoms with Crippen LogP contribution in [0.25, 0.3) is 0 Å². The number of amides is 1. The minimum absolute atomic E-state index is 0.0412. The number of rotatable bonds is 4. The van der Waals surface area contributed by atoms with Gasteiger partial charge >= 0.3 is 0 Å². The Kier molecular flexibility index (Phi) is 5.11. The van der Waals surface area contributed by atoms with E-state index < -0.39 is 11.6 Å². The van der Waals surface area contributed by atoms with Gasteiger partial charge in [-0.25, -0.2) is 8.78 Å². The second kappa shape index (κ2) is 7.70. The van der Waals surface area contributed by atoms with Crippen LogP contribution in [0.3, 0.4) is 0 Å². The molecule has 4 rings (SSSR count). The molecule has 4 nitrogen and oxygen atoms in total. The van der Waals surface area contributed by atoms with Gasteiger partial charge in [-0.1, -0.05) is 18.2 Å². The van der Waals surface area contributed by atoms with E-state index in [-0.39, 0.29) is 23.2 Å². The van der Waals surface area contributed by atoms with E-state index in [0.717, 1.165) is 36.9 Å². The highest BCUT2D eigenvalue weighted by Gasteiger charge is 2.30. The molecule has 0 spiro atoms. The second-order valence-corrected chi connectivity index (χ2v) is 7.44. The Balaban J connectivity index is 1.35. The van der Waals surface area contributed by atoms with E-state index in [0.29, 0.717) is 32.5 Å². The molecule has 28 heavy (non-hydrogen) atoms. The summed E-state index contributed by atoms with van der Waals surface area (Å²) in [6, 6.07) is 11.0. The van der Waals surface area contributed by atoms with E-state index in [9.17, 15) is 18.4 Å². The SMILES string of the molecule is O=C(c1cc(F)ccc1F)C1CCN(C(=O)CN2CCc3ccccc32)CC1. The van der Waals surface area contributed by atoms with Crippen LogP contribution in [-0.4, -0.2) is 42.8 Å². The lowest BCUT2D eigenvalue weighted by atomic mass is 9.88. The molecule has 1 saturated heterocycles. The number of piperidine rings is 1. The zero-order chi connectivity index (χ0) is 19.7. The van der Waals surface area contributed by atoms with Gasteiger partial charge in [-0.15, -0.1) is 0 Å². The topological polar surface area (TPSA) is 40.6 Å². The summed E-state index contributed by atoms with van der Waals surface area (Å²) in [5.74, 6) is -2.04. The number of anilines is 1. The number of Topliss-reactive ketones (excluding diaryl/α,β-unsaturated/α-hetero) is 1. The molecule has 1 amide bonds. The molecule has 2 aromatic rings. The quantitative estimate of drug-likeness (QED) is 0.758. The first-order valence-electron chi connectivity index (χ1n) is 9.63. The van der Waals surface area contributed by atoms with Crippen molar-refractivity contribution >= 4 is 17.4 Å². The van der Waals surface area contributed by atoms with Crippen LogP contribution in [0.4, 0.5) is 14.5 Å². The normalized spacial score (nSPS) is 16.9. The lowest BCUT2D eigenvalue weighted by molar-refractivity contribution is -0.130. The number of para-hydroxylation sites is 1. The standard InChI is InChI=1S/C22H22F2N2O2/c23-17-5-6-19(24)18(13-17)22(28)16-8-10-25(11-9-16)21(27)14-26-12-7-15-3-1-2-4-20(15)26/h1-6,13,16H,7-12,14H2. The molecule has 2 heterocycles. The third kappa shape index (κ3) is 3.63. The van der Waals surface area contributed by atoms with Gasteiger partial charge in [-0.3, -0.25) is 9.59 Å². The lowest BCUT2D eigenvalue weighted by Gasteiger charge is -2.33. The van der Waals surface area contributed by atoms with Crippen molar-refractivity contribution in [2.24, 2.45) is 5.92 Å². The van der Waals surface area contributed by atoms with Crippen LogP contribution < -0.4 is 4.90 Å². The molecule has 146 valence electrons. The molecule has 0 N–H and O–H groups in total. The van der Waals surface area contributed by atoms with Crippen LogP contribution in [0.1, 0.15) is 28.8 Å². The van der Waals surface area contributed by atoms with Crippen LogP contribution >= 0.6 is 0 Å². The number of fused-ring (bicyclic) bond motifs is 1. The molecule has 0 bridgehead atoms. The highest BCUT2D eigenvalue weighted by molar-refractivity contribution is 5.98. The van der Waals surface area contributed by atoms with Crippen molar-refractivity contribution in [1.82, 2.24) is 4.90 Å². The highest BCUT2D eigenvalue weighted by Crippen LogP contribution is 2.28. The number of hydrogen-bond acceptors (Lipinski definition) is 3. The van der Waals surface area contributed by atoms with Gasteiger partial charge in [0.1, 0.15) is 11.6 Å². The maximum absolute atomic E-state index is 13.9. The monoisotopic (exact) mass is 384 g/mol. The Morgan fingerprint density at radius 3 is 2.54 bits per heavy atom. The maximum atomic E-state index is 13.9. The fourth-order valence-corrected chi connectivity index (χ4v) is 4.13. The summed E-state index contributed by atoms with van der Waals surface area (Å²) in [5, 5.41) is 0. The Labute approximate surface area is 162 Å². The van der Waals surface area contributed by atoms with Gasteiger partial charge in [0.05, 0.1) is 12.1 Å². The van der Waals surface area contributed by atoms with Gasteiger partial charge in [0, 0.05) is 31.2 Å². The predicted octanol–water partition coefficient (Wildman–Crippen LogP) is 3.45. The molecular formula is C22H22F2N2O2. The summed E-state index contributed by atoms with van der Waals surface area (Å²) in [7, 11) is 0. The van der Waals surface area contributed by atoms with E-state index in [1.54, 1.807) is 4.90 Å². The first-order chi connectivity index (χ1) is 13.5. The molecular weight excluding hydrogens is 362 g/mol. The van der Waals surface area contributed by atoms with Gasteiger partial charge in [0.2, 0.25) is 5.91 Å². The number of halogens is 2. The third-order valence-electron chi connectivity index (χ3n) is 5.72. The number of carbonyl (C=O) groups excluding carboxylic acids is 2. The van der Waals surface area contributed by atoms with Crippen molar-refractivity contribution in [3.63, 3.8) is 0 Å². The summed E-state index contributed by atoms with van der Waals surface area (Å²) in [6.07, 6.45) is 1.88. The smallest absolute Gasteiger partial charge is 0.242 e. The highest BCUT2D eigenvalue weighted by atomic mass is 19.1. The fourth-order valence-electron chi connectivity index (χ4n) is 4.13. The Morgan fingerprint density at radius 2 is 1.75 bits per heavy atom. The molecule has 6 heteroatoms. The minimum atomic E-state index is -0.697. The number of hydrogen-bond donors (Lipinski definition) is 0. The molecule has 0 unspecified atom stereocenters. The van der Waals surface area contributed by atoms with E-state index >= 15 is 0 Å². The Morgan fingerprint density at radius 1 is 1.00 bits per heavy atom. The summed E-state index contributed by atoms with van der Waals surface area (Å²) in [5.41, 5.74) is 2.18. The zero-order valence-electron chi connectivity index (χ0n) is 15.5. The summed E-state index contributed by atoms with van der Waals surface area (Å²) in [4.78, 5) is 29.1. The second-order valence-electron chi connectivity index (χ2n) is 7.44. The van der Waals surface area contributed by atoms with Crippen molar-refractivity contribution in [2.45, 2.75) is 19.3 Å². The molecule has 0 aromatic heterocycles. The molecule has 0 radical (unpaired) electrons. The fraction of sp³-hybridized carbons (Fsp3) is 0.364. The number of nitrogens with zero attached hydrogens (tertiary/aromatic N) is 2. The largest absolute Gasteiger partial charge is 0.362 e. The van der Waals surface area contributed by atoms with Crippen LogP contribution in [0.15, 0.2) is 42.5 Å². The molecule has 0 saturated carbocycles. The van der Waals surface area contributed by atoms with Gasteiger partial charge in [-0.05, 0) is 49.1 Å². The average molecular weight is 384 g/mol. The number of carbonyl (C=O) groups is 2. The van der Waals surface area contributed by atoms with Crippen molar-refractivity contribution in [1.29, 1.82) is 0 Å². The first-order valence-corrected chi connectivity index (χ1v) is 9.63. The number of likely N-dealkylation sites (tertiary alicyclic amines) is 1.